The Morgan fingerprint density at radius 2 is 1.72 bits per heavy atom. The van der Waals surface area contributed by atoms with E-state index in [-0.39, 0.29) is 5.91 Å². The Morgan fingerprint density at radius 3 is 2.38 bits per heavy atom. The molecule has 0 bridgehead atoms. The first-order chi connectivity index (χ1) is 15.5. The number of hydrogen-bond acceptors (Lipinski definition) is 4. The summed E-state index contributed by atoms with van der Waals surface area (Å²) < 4.78 is 5.13. The average Bonchev–Trinajstić information content (AvgIpc) is 3.20. The maximum absolute atomic E-state index is 12.7. The summed E-state index contributed by atoms with van der Waals surface area (Å²) in [5, 5.41) is 12.6. The fraction of sp³-hybridized carbons (Fsp3) is 0.208. The van der Waals surface area contributed by atoms with Gasteiger partial charge in [-0.15, -0.1) is 10.2 Å². The Kier molecular flexibility index (Phi) is 6.63. The maximum Gasteiger partial charge on any atom is 0.255 e. The first-order valence-corrected chi connectivity index (χ1v) is 11.0. The minimum Gasteiger partial charge on any atom is -0.495 e. The normalized spacial score (nSPS) is 11.0. The molecule has 0 atom stereocenters. The molecule has 0 aliphatic heterocycles. The molecule has 1 heterocycles. The van der Waals surface area contributed by atoms with Crippen molar-refractivity contribution in [2.45, 2.75) is 26.2 Å². The monoisotopic (exact) mass is 468 g/mol. The number of unbranched alkanes of at least 4 members (excludes halogenated alkanes) is 1. The molecule has 0 saturated carbocycles. The maximum atomic E-state index is 12.7. The van der Waals surface area contributed by atoms with E-state index >= 15 is 0 Å². The number of nitrogens with zero attached hydrogens (tertiary/aromatic N) is 3. The van der Waals surface area contributed by atoms with E-state index in [4.69, 9.17) is 27.9 Å². The van der Waals surface area contributed by atoms with Crippen LogP contribution >= 0.6 is 23.2 Å². The summed E-state index contributed by atoms with van der Waals surface area (Å²) in [6, 6.07) is 16.4. The van der Waals surface area contributed by atoms with Gasteiger partial charge in [-0.25, -0.2) is 0 Å². The van der Waals surface area contributed by atoms with Crippen LogP contribution in [0.5, 0.6) is 5.75 Å². The zero-order chi connectivity index (χ0) is 22.7. The molecule has 0 unspecified atom stereocenters. The summed E-state index contributed by atoms with van der Waals surface area (Å²) in [7, 11) is 1.52. The molecule has 0 radical (unpaired) electrons. The third-order valence-corrected chi connectivity index (χ3v) is 5.73. The molecular formula is C24H22Cl2N4O2. The molecule has 1 amide bonds. The van der Waals surface area contributed by atoms with Crippen LogP contribution in [0.25, 0.3) is 16.7 Å². The van der Waals surface area contributed by atoms with Gasteiger partial charge in [0.05, 0.1) is 28.5 Å². The number of carbonyl (C=O) groups is 1. The van der Waals surface area contributed by atoms with Gasteiger partial charge >= 0.3 is 0 Å². The Hall–Kier alpha value is -3.09. The number of benzene rings is 3. The van der Waals surface area contributed by atoms with Crippen LogP contribution in [-0.2, 0) is 6.42 Å². The molecule has 0 saturated heterocycles. The van der Waals surface area contributed by atoms with Gasteiger partial charge in [-0.3, -0.25) is 4.79 Å². The van der Waals surface area contributed by atoms with Crippen LogP contribution in [0, 0.1) is 0 Å². The molecular weight excluding hydrogens is 447 g/mol. The van der Waals surface area contributed by atoms with Crippen LogP contribution in [0.2, 0.25) is 10.0 Å². The summed E-state index contributed by atoms with van der Waals surface area (Å²) >= 11 is 12.5. The summed E-state index contributed by atoms with van der Waals surface area (Å²) in [6.07, 6.45) is 3.39. The Labute approximate surface area is 196 Å². The number of carbonyl (C=O) groups excluding carboxylic acids is 1. The predicted molar refractivity (Wildman–Crippen MR) is 128 cm³/mol. The van der Waals surface area contributed by atoms with E-state index in [1.165, 1.54) is 25.5 Å². The molecule has 6 nitrogen and oxygen atoms in total. The molecule has 3 aromatic carbocycles. The van der Waals surface area contributed by atoms with Crippen LogP contribution in [-0.4, -0.2) is 28.0 Å². The molecule has 164 valence electrons. The van der Waals surface area contributed by atoms with E-state index in [1.807, 2.05) is 12.1 Å². The van der Waals surface area contributed by atoms with Crippen LogP contribution in [0.4, 0.5) is 5.69 Å². The van der Waals surface area contributed by atoms with Gasteiger partial charge in [0.15, 0.2) is 0 Å². The van der Waals surface area contributed by atoms with Crippen LogP contribution in [0.1, 0.15) is 35.7 Å². The topological polar surface area (TPSA) is 69.0 Å². The van der Waals surface area contributed by atoms with E-state index in [1.54, 1.807) is 35.1 Å². The molecule has 8 heteroatoms. The van der Waals surface area contributed by atoms with E-state index in [0.29, 0.717) is 38.1 Å². The standard InChI is InChI=1S/C24H22Cl2N4O2/c1-3-4-5-15-6-9-17(10-7-15)30-28-21-13-18(25)20(14-22(21)29-30)27-24(31)16-8-11-23(32-2)19(26)12-16/h6-14H,3-5H2,1-2H3,(H,27,31). The number of ether oxygens (including phenoxy) is 1. The summed E-state index contributed by atoms with van der Waals surface area (Å²) in [5.74, 6) is 0.156. The van der Waals surface area contributed by atoms with E-state index in [2.05, 4.69) is 34.6 Å². The van der Waals surface area contributed by atoms with Crippen molar-refractivity contribution in [1.82, 2.24) is 15.0 Å². The second kappa shape index (κ2) is 9.59. The molecule has 0 aliphatic carbocycles. The number of methoxy groups -OCH3 is 1. The van der Waals surface area contributed by atoms with Gasteiger partial charge in [0, 0.05) is 5.56 Å². The third kappa shape index (κ3) is 4.71. The molecule has 0 fully saturated rings. The predicted octanol–water partition coefficient (Wildman–Crippen LogP) is 6.33. The molecule has 0 aliphatic rings. The van der Waals surface area contributed by atoms with Crippen LogP contribution in [0.3, 0.4) is 0 Å². The SMILES string of the molecule is CCCCc1ccc(-n2nc3cc(Cl)c(NC(=O)c4ccc(OC)c(Cl)c4)cc3n2)cc1. The minimum absolute atomic E-state index is 0.342. The minimum atomic E-state index is -0.342. The highest BCUT2D eigenvalue weighted by atomic mass is 35.5. The van der Waals surface area contributed by atoms with Crippen molar-refractivity contribution in [2.75, 3.05) is 12.4 Å². The lowest BCUT2D eigenvalue weighted by molar-refractivity contribution is 0.102. The van der Waals surface area contributed by atoms with Crippen LogP contribution in [0.15, 0.2) is 54.6 Å². The number of halogens is 2. The van der Waals surface area contributed by atoms with Gasteiger partial charge in [-0.2, -0.15) is 4.80 Å². The molecule has 4 aromatic rings. The van der Waals surface area contributed by atoms with Crippen molar-refractivity contribution in [2.24, 2.45) is 0 Å². The van der Waals surface area contributed by atoms with Crippen molar-refractivity contribution in [1.29, 1.82) is 0 Å². The number of nitrogens with one attached hydrogen (secondary N) is 1. The van der Waals surface area contributed by atoms with Gasteiger partial charge in [0.25, 0.3) is 5.91 Å². The van der Waals surface area contributed by atoms with E-state index < -0.39 is 0 Å². The zero-order valence-corrected chi connectivity index (χ0v) is 19.2. The molecule has 1 aromatic heterocycles. The largest absolute Gasteiger partial charge is 0.495 e. The highest BCUT2D eigenvalue weighted by Crippen LogP contribution is 2.29. The van der Waals surface area contributed by atoms with Crippen molar-refractivity contribution < 1.29 is 9.53 Å². The zero-order valence-electron chi connectivity index (χ0n) is 17.7. The van der Waals surface area contributed by atoms with Crippen molar-refractivity contribution in [3.8, 4) is 11.4 Å². The second-order valence-corrected chi connectivity index (χ2v) is 8.20. The van der Waals surface area contributed by atoms with Crippen molar-refractivity contribution in [3.63, 3.8) is 0 Å². The number of hydrogen-bond donors (Lipinski definition) is 1. The van der Waals surface area contributed by atoms with Gasteiger partial charge < -0.3 is 10.1 Å². The van der Waals surface area contributed by atoms with Gasteiger partial charge in [0.2, 0.25) is 0 Å². The first-order valence-electron chi connectivity index (χ1n) is 10.3. The van der Waals surface area contributed by atoms with Gasteiger partial charge in [-0.1, -0.05) is 48.7 Å². The van der Waals surface area contributed by atoms with Crippen LogP contribution < -0.4 is 10.1 Å². The fourth-order valence-electron chi connectivity index (χ4n) is 3.33. The first kappa shape index (κ1) is 22.1. The van der Waals surface area contributed by atoms with Gasteiger partial charge in [0.1, 0.15) is 16.8 Å². The van der Waals surface area contributed by atoms with E-state index in [0.717, 1.165) is 12.1 Å². The fourth-order valence-corrected chi connectivity index (χ4v) is 3.79. The van der Waals surface area contributed by atoms with Crippen molar-refractivity contribution >= 4 is 45.8 Å². The van der Waals surface area contributed by atoms with Gasteiger partial charge in [-0.05, 0) is 60.9 Å². The number of fused-ring (bicyclic) bond motifs is 1. The second-order valence-electron chi connectivity index (χ2n) is 7.38. The Morgan fingerprint density at radius 1 is 1.00 bits per heavy atom. The lowest BCUT2D eigenvalue weighted by Gasteiger charge is -2.09. The highest BCUT2D eigenvalue weighted by Gasteiger charge is 2.14. The quantitative estimate of drug-likeness (QED) is 0.343. The number of amides is 1. The lowest BCUT2D eigenvalue weighted by Crippen LogP contribution is -2.12. The summed E-state index contributed by atoms with van der Waals surface area (Å²) in [6.45, 7) is 2.18. The van der Waals surface area contributed by atoms with E-state index in [9.17, 15) is 4.79 Å². The third-order valence-electron chi connectivity index (χ3n) is 5.12. The lowest BCUT2D eigenvalue weighted by atomic mass is 10.1. The highest BCUT2D eigenvalue weighted by molar-refractivity contribution is 6.35. The number of aromatic nitrogens is 3. The summed E-state index contributed by atoms with van der Waals surface area (Å²) in [4.78, 5) is 14.2. The molecule has 4 rings (SSSR count). The van der Waals surface area contributed by atoms with Crippen molar-refractivity contribution in [3.05, 3.63) is 75.8 Å². The molecule has 1 N–H and O–H groups in total. The Balaban J connectivity index is 1.57. The number of rotatable bonds is 7. The molecule has 32 heavy (non-hydrogen) atoms. The average molecular weight is 469 g/mol. The number of anilines is 1. The summed E-state index contributed by atoms with van der Waals surface area (Å²) in [5.41, 5.74) is 4.23. The number of aryl methyl sites for hydroxylation is 1. The molecule has 0 spiro atoms. The Bertz CT molecular complexity index is 1270. The smallest absolute Gasteiger partial charge is 0.255 e.